The van der Waals surface area contributed by atoms with Gasteiger partial charge in [-0.2, -0.15) is 0 Å². The maximum absolute atomic E-state index is 12.1. The molecule has 0 aliphatic heterocycles. The highest BCUT2D eigenvalue weighted by atomic mass is 79.9. The number of carbonyl (C=O) groups is 1. The van der Waals surface area contributed by atoms with Crippen molar-refractivity contribution >= 4 is 54.6 Å². The highest BCUT2D eigenvalue weighted by molar-refractivity contribution is 9.10. The van der Waals surface area contributed by atoms with Crippen molar-refractivity contribution in [2.45, 2.75) is 17.7 Å². The number of thiophene rings is 2. The van der Waals surface area contributed by atoms with Crippen molar-refractivity contribution in [1.82, 2.24) is 4.72 Å². The van der Waals surface area contributed by atoms with E-state index in [1.807, 2.05) is 11.4 Å². The molecule has 2 rings (SSSR count). The molecule has 0 radical (unpaired) electrons. The van der Waals surface area contributed by atoms with E-state index in [1.165, 1.54) is 17.4 Å². The second kappa shape index (κ2) is 5.94. The predicted octanol–water partition coefficient (Wildman–Crippen LogP) is 3.06. The van der Waals surface area contributed by atoms with E-state index < -0.39 is 16.0 Å². The van der Waals surface area contributed by atoms with Crippen LogP contribution in [0.4, 0.5) is 0 Å². The van der Waals surface area contributed by atoms with E-state index in [2.05, 4.69) is 20.7 Å². The van der Waals surface area contributed by atoms with Crippen molar-refractivity contribution in [3.05, 3.63) is 37.3 Å². The van der Waals surface area contributed by atoms with Crippen molar-refractivity contribution < 1.29 is 18.3 Å². The van der Waals surface area contributed by atoms with Crippen LogP contribution in [0, 0.1) is 6.92 Å². The van der Waals surface area contributed by atoms with Gasteiger partial charge >= 0.3 is 5.97 Å². The summed E-state index contributed by atoms with van der Waals surface area (Å²) in [5.41, 5.74) is 0.446. The van der Waals surface area contributed by atoms with Gasteiger partial charge in [-0.05, 0) is 40.5 Å². The standard InChI is InChI=1S/C11H10BrNO4S3/c1-6-2-9(19-10(6)11(14)15)20(16,17)13-4-8-3-7(12)5-18-8/h2-3,5,13H,4H2,1H3,(H,14,15). The summed E-state index contributed by atoms with van der Waals surface area (Å²) < 4.78 is 27.6. The molecule has 0 aliphatic carbocycles. The molecule has 0 bridgehead atoms. The molecule has 0 amide bonds. The van der Waals surface area contributed by atoms with Gasteiger partial charge in [-0.15, -0.1) is 22.7 Å². The fourth-order valence-electron chi connectivity index (χ4n) is 1.48. The molecule has 0 spiro atoms. The Bertz CT molecular complexity index is 748. The smallest absolute Gasteiger partial charge is 0.346 e. The van der Waals surface area contributed by atoms with Crippen LogP contribution >= 0.6 is 38.6 Å². The van der Waals surface area contributed by atoms with Gasteiger partial charge in [0.15, 0.2) is 0 Å². The fraction of sp³-hybridized carbons (Fsp3) is 0.182. The zero-order valence-corrected chi connectivity index (χ0v) is 14.2. The first kappa shape index (κ1) is 15.6. The van der Waals surface area contributed by atoms with Crippen LogP contribution in [0.15, 0.2) is 26.2 Å². The van der Waals surface area contributed by atoms with Crippen LogP contribution in [0.25, 0.3) is 0 Å². The first-order valence-electron chi connectivity index (χ1n) is 5.36. The Morgan fingerprint density at radius 3 is 2.65 bits per heavy atom. The molecule has 2 aromatic rings. The monoisotopic (exact) mass is 395 g/mol. The second-order valence-corrected chi connectivity index (χ2v) is 8.90. The molecule has 0 aliphatic rings. The third-order valence-electron chi connectivity index (χ3n) is 2.41. The lowest BCUT2D eigenvalue weighted by Gasteiger charge is -2.02. The predicted molar refractivity (Wildman–Crippen MR) is 82.1 cm³/mol. The van der Waals surface area contributed by atoms with E-state index in [0.717, 1.165) is 20.7 Å². The summed E-state index contributed by atoms with van der Waals surface area (Å²) in [4.78, 5) is 11.8. The van der Waals surface area contributed by atoms with E-state index in [-0.39, 0.29) is 15.6 Å². The number of carboxylic acid groups (broad SMARTS) is 1. The number of carboxylic acids is 1. The van der Waals surface area contributed by atoms with Crippen molar-refractivity contribution in [2.24, 2.45) is 0 Å². The molecule has 0 unspecified atom stereocenters. The van der Waals surface area contributed by atoms with Crippen LogP contribution in [-0.4, -0.2) is 19.5 Å². The van der Waals surface area contributed by atoms with Crippen LogP contribution in [0.2, 0.25) is 0 Å². The Kier molecular flexibility index (Phi) is 4.65. The lowest BCUT2D eigenvalue weighted by Crippen LogP contribution is -2.21. The van der Waals surface area contributed by atoms with Gasteiger partial charge in [-0.1, -0.05) is 0 Å². The van der Waals surface area contributed by atoms with E-state index >= 15 is 0 Å². The highest BCUT2D eigenvalue weighted by Gasteiger charge is 2.21. The van der Waals surface area contributed by atoms with Crippen molar-refractivity contribution in [1.29, 1.82) is 0 Å². The number of aryl methyl sites for hydroxylation is 1. The molecule has 20 heavy (non-hydrogen) atoms. The number of sulfonamides is 1. The van der Waals surface area contributed by atoms with Crippen LogP contribution in [-0.2, 0) is 16.6 Å². The molecule has 2 N–H and O–H groups in total. The molecular formula is C11H10BrNO4S3. The number of nitrogens with one attached hydrogen (secondary N) is 1. The van der Waals surface area contributed by atoms with Gasteiger partial charge in [0.1, 0.15) is 9.09 Å². The fourth-order valence-corrected chi connectivity index (χ4v) is 5.39. The summed E-state index contributed by atoms with van der Waals surface area (Å²) in [6, 6.07) is 3.20. The van der Waals surface area contributed by atoms with Crippen LogP contribution in [0.5, 0.6) is 0 Å². The summed E-state index contributed by atoms with van der Waals surface area (Å²) in [5.74, 6) is -1.11. The van der Waals surface area contributed by atoms with Crippen LogP contribution in [0.1, 0.15) is 20.1 Å². The summed E-state index contributed by atoms with van der Waals surface area (Å²) in [7, 11) is -3.69. The van der Waals surface area contributed by atoms with Crippen LogP contribution in [0.3, 0.4) is 0 Å². The van der Waals surface area contributed by atoms with Crippen molar-refractivity contribution in [2.75, 3.05) is 0 Å². The molecule has 108 valence electrons. The SMILES string of the molecule is Cc1cc(S(=O)(=O)NCc2cc(Br)cs2)sc1C(=O)O. The Hall–Kier alpha value is -0.740. The van der Waals surface area contributed by atoms with Gasteiger partial charge < -0.3 is 5.11 Å². The molecular weight excluding hydrogens is 386 g/mol. The normalized spacial score (nSPS) is 11.7. The third-order valence-corrected chi connectivity index (χ3v) is 7.21. The number of hydrogen-bond acceptors (Lipinski definition) is 5. The van der Waals surface area contributed by atoms with E-state index in [1.54, 1.807) is 6.92 Å². The minimum absolute atomic E-state index is 0.0167. The Morgan fingerprint density at radius 2 is 2.15 bits per heavy atom. The first-order valence-corrected chi connectivity index (χ1v) is 9.33. The Morgan fingerprint density at radius 1 is 1.45 bits per heavy atom. The molecule has 0 fully saturated rings. The quantitative estimate of drug-likeness (QED) is 0.814. The summed E-state index contributed by atoms with van der Waals surface area (Å²) in [5, 5.41) is 10.8. The van der Waals surface area contributed by atoms with E-state index in [4.69, 9.17) is 5.11 Å². The largest absolute Gasteiger partial charge is 0.477 e. The Labute approximate surface area is 132 Å². The lowest BCUT2D eigenvalue weighted by molar-refractivity contribution is 0.0701. The average Bonchev–Trinajstić information content (AvgIpc) is 2.93. The maximum Gasteiger partial charge on any atom is 0.346 e. The number of halogens is 1. The number of hydrogen-bond donors (Lipinski definition) is 2. The zero-order valence-electron chi connectivity index (χ0n) is 10.2. The maximum atomic E-state index is 12.1. The first-order chi connectivity index (χ1) is 9.29. The van der Waals surface area contributed by atoms with Gasteiger partial charge in [0.25, 0.3) is 0 Å². The Balaban J connectivity index is 2.18. The van der Waals surface area contributed by atoms with Crippen molar-refractivity contribution in [3.63, 3.8) is 0 Å². The van der Waals surface area contributed by atoms with Crippen molar-refractivity contribution in [3.8, 4) is 0 Å². The lowest BCUT2D eigenvalue weighted by atomic mass is 10.3. The number of rotatable bonds is 5. The summed E-state index contributed by atoms with van der Waals surface area (Å²) >= 11 is 5.49. The topological polar surface area (TPSA) is 83.5 Å². The second-order valence-electron chi connectivity index (χ2n) is 3.94. The van der Waals surface area contributed by atoms with Gasteiger partial charge in [-0.3, -0.25) is 0 Å². The van der Waals surface area contributed by atoms with E-state index in [0.29, 0.717) is 5.56 Å². The minimum Gasteiger partial charge on any atom is -0.477 e. The molecule has 2 aromatic heterocycles. The average molecular weight is 396 g/mol. The number of aromatic carboxylic acids is 1. The van der Waals surface area contributed by atoms with E-state index in [9.17, 15) is 13.2 Å². The molecule has 0 aromatic carbocycles. The molecule has 2 heterocycles. The summed E-state index contributed by atoms with van der Waals surface area (Å²) in [6.07, 6.45) is 0. The third kappa shape index (κ3) is 3.47. The molecule has 0 saturated heterocycles. The summed E-state index contributed by atoms with van der Waals surface area (Å²) in [6.45, 7) is 1.76. The molecule has 5 nitrogen and oxygen atoms in total. The molecule has 0 atom stereocenters. The van der Waals surface area contributed by atoms with Gasteiger partial charge in [-0.25, -0.2) is 17.9 Å². The van der Waals surface area contributed by atoms with Gasteiger partial charge in [0.05, 0.1) is 0 Å². The van der Waals surface area contributed by atoms with Gasteiger partial charge in [0, 0.05) is 21.3 Å². The van der Waals surface area contributed by atoms with Crippen LogP contribution < -0.4 is 4.72 Å². The molecule has 9 heteroatoms. The van der Waals surface area contributed by atoms with Gasteiger partial charge in [0.2, 0.25) is 10.0 Å². The highest BCUT2D eigenvalue weighted by Crippen LogP contribution is 2.26. The molecule has 0 saturated carbocycles. The minimum atomic E-state index is -3.69. The zero-order chi connectivity index (χ0) is 14.9.